The van der Waals surface area contributed by atoms with Gasteiger partial charge in [0.05, 0.1) is 18.2 Å². The van der Waals surface area contributed by atoms with Gasteiger partial charge in [-0.1, -0.05) is 17.7 Å². The van der Waals surface area contributed by atoms with Gasteiger partial charge < -0.3 is 5.32 Å². The minimum Gasteiger partial charge on any atom is -0.325 e. The summed E-state index contributed by atoms with van der Waals surface area (Å²) in [6.07, 6.45) is 0.619. The summed E-state index contributed by atoms with van der Waals surface area (Å²) in [5.74, 6) is -0.916. The van der Waals surface area contributed by atoms with Crippen molar-refractivity contribution in [3.63, 3.8) is 0 Å². The molecule has 2 aromatic carbocycles. The van der Waals surface area contributed by atoms with Gasteiger partial charge in [-0.05, 0) is 55.7 Å². The molecule has 150 valence electrons. The van der Waals surface area contributed by atoms with Gasteiger partial charge in [-0.2, -0.15) is 0 Å². The molecule has 1 unspecified atom stereocenters. The number of aryl methyl sites for hydroxylation is 1. The Labute approximate surface area is 173 Å². The monoisotopic (exact) mass is 413 g/mol. The Morgan fingerprint density at radius 3 is 2.86 bits per heavy atom. The Balaban J connectivity index is 1.45. The number of ketones is 1. The van der Waals surface area contributed by atoms with Gasteiger partial charge in [0.25, 0.3) is 0 Å². The van der Waals surface area contributed by atoms with Crippen molar-refractivity contribution in [3.05, 3.63) is 57.9 Å². The molecule has 5 nitrogen and oxygen atoms in total. The number of nitrogens with one attached hydrogen (secondary N) is 1. The third-order valence-corrected chi connectivity index (χ3v) is 5.96. The summed E-state index contributed by atoms with van der Waals surface area (Å²) in [4.78, 5) is 32.1. The average Bonchev–Trinajstić information content (AvgIpc) is 2.68. The summed E-state index contributed by atoms with van der Waals surface area (Å²) < 4.78 is 13.7. The van der Waals surface area contributed by atoms with Crippen LogP contribution < -0.4 is 5.32 Å². The zero-order chi connectivity index (χ0) is 20.7. The van der Waals surface area contributed by atoms with Gasteiger partial charge in [0.15, 0.2) is 5.78 Å². The quantitative estimate of drug-likeness (QED) is 0.814. The zero-order valence-electron chi connectivity index (χ0n) is 16.3. The number of nitrogens with zero attached hydrogens (tertiary/aromatic N) is 2. The highest BCUT2D eigenvalue weighted by molar-refractivity contribution is 6.32. The van der Waals surface area contributed by atoms with Crippen molar-refractivity contribution in [1.29, 1.82) is 0 Å². The summed E-state index contributed by atoms with van der Waals surface area (Å²) in [5, 5.41) is 3.32. The van der Waals surface area contributed by atoms with E-state index in [4.69, 9.17) is 16.6 Å². The zero-order valence-corrected chi connectivity index (χ0v) is 17.0. The van der Waals surface area contributed by atoms with Gasteiger partial charge in [-0.3, -0.25) is 19.5 Å². The molecule has 2 aliphatic heterocycles. The molecule has 0 radical (unpaired) electrons. The van der Waals surface area contributed by atoms with Gasteiger partial charge in [0, 0.05) is 35.1 Å². The van der Waals surface area contributed by atoms with Crippen LogP contribution in [0.1, 0.15) is 27.9 Å². The van der Waals surface area contributed by atoms with Crippen LogP contribution in [0, 0.1) is 25.6 Å². The van der Waals surface area contributed by atoms with Gasteiger partial charge in [0.1, 0.15) is 5.82 Å². The van der Waals surface area contributed by atoms with E-state index < -0.39 is 0 Å². The summed E-state index contributed by atoms with van der Waals surface area (Å²) in [6.45, 7) is 4.75. The summed E-state index contributed by atoms with van der Waals surface area (Å²) in [7, 11) is 0. The van der Waals surface area contributed by atoms with Gasteiger partial charge in [0.2, 0.25) is 5.91 Å². The minimum atomic E-state index is -0.358. The number of likely N-dealkylation sites (tertiary alicyclic amines) is 1. The van der Waals surface area contributed by atoms with Crippen molar-refractivity contribution in [3.8, 4) is 0 Å². The second-order valence-corrected chi connectivity index (χ2v) is 7.99. The summed E-state index contributed by atoms with van der Waals surface area (Å²) >= 11 is 6.18. The summed E-state index contributed by atoms with van der Waals surface area (Å²) in [6, 6.07) is 8.06. The Kier molecular flexibility index (Phi) is 5.23. The minimum absolute atomic E-state index is 0.0236. The maximum absolute atomic E-state index is 13.7. The van der Waals surface area contributed by atoms with Crippen molar-refractivity contribution in [2.24, 2.45) is 10.9 Å². The molecule has 2 aromatic rings. The molecule has 2 aliphatic rings. The molecule has 4 rings (SSSR count). The SMILES string of the molecule is Cc1ccc(NC(=O)CN2CCC3=Nc4c(ccc(Cl)c4C)C(=O)C3C2)cc1F. The molecule has 1 saturated heterocycles. The van der Waals surface area contributed by atoms with Crippen LogP contribution in [0.3, 0.4) is 0 Å². The number of fused-ring (bicyclic) bond motifs is 2. The standard InChI is InChI=1S/C22H21ClFN3O2/c1-12-3-4-14(9-18(12)24)25-20(28)11-27-8-7-19-16(10-27)22(29)15-5-6-17(23)13(2)21(15)26-19/h3-6,9,16H,7-8,10-11H2,1-2H3,(H,25,28). The average molecular weight is 414 g/mol. The number of benzene rings is 2. The second kappa shape index (κ2) is 7.69. The lowest BCUT2D eigenvalue weighted by Crippen LogP contribution is -2.47. The van der Waals surface area contributed by atoms with E-state index in [0.29, 0.717) is 47.0 Å². The Morgan fingerprint density at radius 1 is 1.31 bits per heavy atom. The fraction of sp³-hybridized carbons (Fsp3) is 0.318. The molecule has 1 N–H and O–H groups in total. The van der Waals surface area contributed by atoms with Crippen LogP contribution in [-0.4, -0.2) is 41.9 Å². The van der Waals surface area contributed by atoms with E-state index in [2.05, 4.69) is 5.32 Å². The molecule has 0 saturated carbocycles. The Hall–Kier alpha value is -2.57. The predicted octanol–water partition coefficient (Wildman–Crippen LogP) is 4.33. The molecule has 0 aliphatic carbocycles. The fourth-order valence-electron chi connectivity index (χ4n) is 3.84. The van der Waals surface area contributed by atoms with Crippen LogP contribution in [0.4, 0.5) is 15.8 Å². The van der Waals surface area contributed by atoms with E-state index in [1.165, 1.54) is 6.07 Å². The molecule has 2 heterocycles. The van der Waals surface area contributed by atoms with Gasteiger partial charge in [-0.15, -0.1) is 0 Å². The van der Waals surface area contributed by atoms with Crippen molar-refractivity contribution < 1.29 is 14.0 Å². The molecule has 1 fully saturated rings. The van der Waals surface area contributed by atoms with E-state index >= 15 is 0 Å². The topological polar surface area (TPSA) is 61.8 Å². The number of anilines is 1. The van der Waals surface area contributed by atoms with E-state index in [9.17, 15) is 14.0 Å². The number of rotatable bonds is 3. The number of halogens is 2. The number of hydrogen-bond acceptors (Lipinski definition) is 4. The number of hydrogen-bond donors (Lipinski definition) is 1. The van der Waals surface area contributed by atoms with Crippen molar-refractivity contribution in [2.45, 2.75) is 20.3 Å². The molecule has 1 atom stereocenters. The lowest BCUT2D eigenvalue weighted by atomic mass is 9.84. The lowest BCUT2D eigenvalue weighted by molar-refractivity contribution is -0.117. The van der Waals surface area contributed by atoms with E-state index in [0.717, 1.165) is 11.3 Å². The van der Waals surface area contributed by atoms with Crippen LogP contribution in [-0.2, 0) is 4.79 Å². The third-order valence-electron chi connectivity index (χ3n) is 5.55. The maximum atomic E-state index is 13.7. The first kappa shape index (κ1) is 19.7. The van der Waals surface area contributed by atoms with Crippen molar-refractivity contribution >= 4 is 40.4 Å². The van der Waals surface area contributed by atoms with Crippen molar-refractivity contribution in [2.75, 3.05) is 25.0 Å². The Morgan fingerprint density at radius 2 is 2.10 bits per heavy atom. The van der Waals surface area contributed by atoms with Crippen LogP contribution in [0.15, 0.2) is 35.3 Å². The van der Waals surface area contributed by atoms with Crippen LogP contribution in [0.2, 0.25) is 5.02 Å². The van der Waals surface area contributed by atoms with E-state index in [-0.39, 0.29) is 30.0 Å². The van der Waals surface area contributed by atoms with Crippen LogP contribution in [0.5, 0.6) is 0 Å². The smallest absolute Gasteiger partial charge is 0.238 e. The highest BCUT2D eigenvalue weighted by Crippen LogP contribution is 2.37. The van der Waals surface area contributed by atoms with Gasteiger partial charge >= 0.3 is 0 Å². The number of piperidine rings is 1. The molecule has 1 amide bonds. The normalized spacial score (nSPS) is 18.7. The largest absolute Gasteiger partial charge is 0.325 e. The number of carbonyl (C=O) groups excluding carboxylic acids is 2. The molecular formula is C22H21ClFN3O2. The maximum Gasteiger partial charge on any atom is 0.238 e. The van der Waals surface area contributed by atoms with Gasteiger partial charge in [-0.25, -0.2) is 4.39 Å². The predicted molar refractivity (Wildman–Crippen MR) is 112 cm³/mol. The Bertz CT molecular complexity index is 1050. The van der Waals surface area contributed by atoms with Crippen molar-refractivity contribution in [1.82, 2.24) is 4.90 Å². The second-order valence-electron chi connectivity index (χ2n) is 7.59. The lowest BCUT2D eigenvalue weighted by Gasteiger charge is -2.35. The van der Waals surface area contributed by atoms with Crippen LogP contribution in [0.25, 0.3) is 0 Å². The number of carbonyl (C=O) groups is 2. The number of amides is 1. The number of Topliss-reactive ketones (excluding diaryl/α,β-unsaturated/α-hetero) is 1. The molecule has 0 spiro atoms. The first-order valence-electron chi connectivity index (χ1n) is 9.52. The molecule has 0 bridgehead atoms. The first-order valence-corrected chi connectivity index (χ1v) is 9.90. The van der Waals surface area contributed by atoms with E-state index in [1.54, 1.807) is 31.2 Å². The molecule has 7 heteroatoms. The van der Waals surface area contributed by atoms with Crippen LogP contribution >= 0.6 is 11.6 Å². The van der Waals surface area contributed by atoms with E-state index in [1.807, 2.05) is 11.8 Å². The fourth-order valence-corrected chi connectivity index (χ4v) is 3.99. The summed E-state index contributed by atoms with van der Waals surface area (Å²) in [5.41, 5.74) is 3.87. The number of aliphatic imine (C=N–C) groups is 1. The molecular weight excluding hydrogens is 393 g/mol. The molecule has 0 aromatic heterocycles. The first-order chi connectivity index (χ1) is 13.8. The highest BCUT2D eigenvalue weighted by atomic mass is 35.5. The third kappa shape index (κ3) is 3.82. The highest BCUT2D eigenvalue weighted by Gasteiger charge is 2.36. The molecule has 29 heavy (non-hydrogen) atoms.